The van der Waals surface area contributed by atoms with E-state index >= 15 is 0 Å². The summed E-state index contributed by atoms with van der Waals surface area (Å²) in [4.78, 5) is 10.4. The Hall–Kier alpha value is -2.37. The van der Waals surface area contributed by atoms with Gasteiger partial charge in [-0.1, -0.05) is 0 Å². The van der Waals surface area contributed by atoms with Gasteiger partial charge in [0.25, 0.3) is 0 Å². The van der Waals surface area contributed by atoms with Crippen LogP contribution in [0.25, 0.3) is 11.5 Å². The molecule has 20 heavy (non-hydrogen) atoms. The van der Waals surface area contributed by atoms with Crippen LogP contribution in [0, 0.1) is 0 Å². The summed E-state index contributed by atoms with van der Waals surface area (Å²) in [6.07, 6.45) is 2.09. The van der Waals surface area contributed by atoms with Gasteiger partial charge >= 0.3 is 5.97 Å². The fraction of sp³-hybridized carbons (Fsp3) is 0.357. The van der Waals surface area contributed by atoms with E-state index in [1.807, 2.05) is 24.3 Å². The van der Waals surface area contributed by atoms with Gasteiger partial charge in [-0.15, -0.1) is 10.2 Å². The first-order valence-corrected chi connectivity index (χ1v) is 6.37. The highest BCUT2D eigenvalue weighted by molar-refractivity contribution is 5.66. The molecule has 0 bridgehead atoms. The highest BCUT2D eigenvalue weighted by Gasteiger charge is 2.08. The molecule has 2 rings (SSSR count). The first-order valence-electron chi connectivity index (χ1n) is 6.37. The quantitative estimate of drug-likeness (QED) is 0.782. The van der Waals surface area contributed by atoms with Gasteiger partial charge in [-0.3, -0.25) is 4.79 Å². The molecule has 106 valence electrons. The Labute approximate surface area is 116 Å². The predicted octanol–water partition coefficient (Wildman–Crippen LogP) is 2.54. The largest absolute Gasteiger partial charge is 0.497 e. The standard InChI is InChI=1S/C14H16N2O4/c1-19-11-8-6-10(7-9-11)14-16-15-12(20-14)4-2-3-5-13(17)18/h6-9H,2-5H2,1H3,(H,17,18). The number of aliphatic carboxylic acids is 1. The second-order valence-electron chi connectivity index (χ2n) is 4.33. The van der Waals surface area contributed by atoms with E-state index in [1.54, 1.807) is 7.11 Å². The van der Waals surface area contributed by atoms with Crippen LogP contribution in [0.3, 0.4) is 0 Å². The molecule has 0 radical (unpaired) electrons. The van der Waals surface area contributed by atoms with Crippen molar-refractivity contribution in [3.63, 3.8) is 0 Å². The van der Waals surface area contributed by atoms with Gasteiger partial charge in [0.1, 0.15) is 5.75 Å². The molecule has 0 aliphatic rings. The van der Waals surface area contributed by atoms with Crippen LogP contribution in [0.1, 0.15) is 25.2 Å². The third-order valence-electron chi connectivity index (χ3n) is 2.84. The number of carbonyl (C=O) groups is 1. The highest BCUT2D eigenvalue weighted by atomic mass is 16.5. The Morgan fingerprint density at radius 2 is 2.00 bits per heavy atom. The van der Waals surface area contributed by atoms with E-state index in [4.69, 9.17) is 14.3 Å². The van der Waals surface area contributed by atoms with Crippen LogP contribution in [0.2, 0.25) is 0 Å². The average molecular weight is 276 g/mol. The number of carboxylic acid groups (broad SMARTS) is 1. The number of rotatable bonds is 7. The molecule has 0 fully saturated rings. The Bertz CT molecular complexity index is 563. The van der Waals surface area contributed by atoms with Crippen molar-refractivity contribution in [2.75, 3.05) is 7.11 Å². The van der Waals surface area contributed by atoms with Gasteiger partial charge in [0.15, 0.2) is 0 Å². The minimum Gasteiger partial charge on any atom is -0.497 e. The monoisotopic (exact) mass is 276 g/mol. The number of nitrogens with zero attached hydrogens (tertiary/aromatic N) is 2. The Balaban J connectivity index is 1.92. The van der Waals surface area contributed by atoms with Gasteiger partial charge in [0.2, 0.25) is 11.8 Å². The fourth-order valence-electron chi connectivity index (χ4n) is 1.76. The van der Waals surface area contributed by atoms with Crippen molar-refractivity contribution in [2.24, 2.45) is 0 Å². The van der Waals surface area contributed by atoms with Crippen molar-refractivity contribution in [1.82, 2.24) is 10.2 Å². The molecule has 0 amide bonds. The highest BCUT2D eigenvalue weighted by Crippen LogP contribution is 2.21. The van der Waals surface area contributed by atoms with Crippen molar-refractivity contribution in [1.29, 1.82) is 0 Å². The van der Waals surface area contributed by atoms with Gasteiger partial charge in [-0.2, -0.15) is 0 Å². The van der Waals surface area contributed by atoms with Crippen molar-refractivity contribution in [3.05, 3.63) is 30.2 Å². The predicted molar refractivity (Wildman–Crippen MR) is 71.5 cm³/mol. The number of hydrogen-bond donors (Lipinski definition) is 1. The van der Waals surface area contributed by atoms with Crippen molar-refractivity contribution in [3.8, 4) is 17.2 Å². The number of aromatic nitrogens is 2. The molecule has 0 atom stereocenters. The van der Waals surface area contributed by atoms with E-state index in [0.717, 1.165) is 17.7 Å². The van der Waals surface area contributed by atoms with Crippen LogP contribution in [0.15, 0.2) is 28.7 Å². The topological polar surface area (TPSA) is 85.5 Å². The summed E-state index contributed by atoms with van der Waals surface area (Å²) in [6.45, 7) is 0. The zero-order chi connectivity index (χ0) is 14.4. The smallest absolute Gasteiger partial charge is 0.303 e. The number of benzene rings is 1. The molecule has 0 saturated carbocycles. The van der Waals surface area contributed by atoms with Gasteiger partial charge < -0.3 is 14.3 Å². The van der Waals surface area contributed by atoms with Crippen LogP contribution < -0.4 is 4.74 Å². The van der Waals surface area contributed by atoms with Crippen LogP contribution in [-0.4, -0.2) is 28.4 Å². The first-order chi connectivity index (χ1) is 9.69. The van der Waals surface area contributed by atoms with Crippen molar-refractivity contribution >= 4 is 5.97 Å². The number of methoxy groups -OCH3 is 1. The fourth-order valence-corrected chi connectivity index (χ4v) is 1.76. The van der Waals surface area contributed by atoms with E-state index in [2.05, 4.69) is 10.2 Å². The van der Waals surface area contributed by atoms with E-state index < -0.39 is 5.97 Å². The normalized spacial score (nSPS) is 10.4. The summed E-state index contributed by atoms with van der Waals surface area (Å²) in [5.74, 6) is 0.971. The molecule has 1 heterocycles. The lowest BCUT2D eigenvalue weighted by Gasteiger charge is -1.99. The summed E-state index contributed by atoms with van der Waals surface area (Å²) in [6, 6.07) is 7.35. The lowest BCUT2D eigenvalue weighted by Crippen LogP contribution is -1.95. The molecular weight excluding hydrogens is 260 g/mol. The van der Waals surface area contributed by atoms with E-state index in [1.165, 1.54) is 0 Å². The van der Waals surface area contributed by atoms with E-state index in [0.29, 0.717) is 24.6 Å². The van der Waals surface area contributed by atoms with Gasteiger partial charge in [0.05, 0.1) is 7.11 Å². The average Bonchev–Trinajstić information content (AvgIpc) is 2.92. The summed E-state index contributed by atoms with van der Waals surface area (Å²) in [5, 5.41) is 16.5. The third kappa shape index (κ3) is 3.81. The SMILES string of the molecule is COc1ccc(-c2nnc(CCCCC(=O)O)o2)cc1. The maximum atomic E-state index is 10.4. The number of aryl methyl sites for hydroxylation is 1. The Morgan fingerprint density at radius 3 is 2.65 bits per heavy atom. The number of ether oxygens (including phenoxy) is 1. The molecule has 2 aromatic rings. The van der Waals surface area contributed by atoms with Crippen LogP contribution >= 0.6 is 0 Å². The first kappa shape index (κ1) is 14.0. The lowest BCUT2D eigenvalue weighted by atomic mass is 10.2. The molecule has 1 aromatic carbocycles. The van der Waals surface area contributed by atoms with Crippen molar-refractivity contribution in [2.45, 2.75) is 25.7 Å². The minimum atomic E-state index is -0.783. The van der Waals surface area contributed by atoms with Gasteiger partial charge in [-0.05, 0) is 37.1 Å². The molecule has 0 unspecified atom stereocenters. The Kier molecular flexibility index (Phi) is 4.70. The molecular formula is C14H16N2O4. The summed E-state index contributed by atoms with van der Waals surface area (Å²) in [5.41, 5.74) is 0.829. The molecule has 1 N–H and O–H groups in total. The van der Waals surface area contributed by atoms with Gasteiger partial charge in [-0.25, -0.2) is 0 Å². The molecule has 0 aliphatic carbocycles. The minimum absolute atomic E-state index is 0.166. The molecule has 6 nitrogen and oxygen atoms in total. The number of carboxylic acids is 1. The maximum Gasteiger partial charge on any atom is 0.303 e. The molecule has 0 spiro atoms. The molecule has 0 saturated heterocycles. The molecule has 1 aromatic heterocycles. The van der Waals surface area contributed by atoms with Crippen LogP contribution in [0.5, 0.6) is 5.75 Å². The molecule has 0 aliphatic heterocycles. The molecule has 6 heteroatoms. The number of hydrogen-bond acceptors (Lipinski definition) is 5. The van der Waals surface area contributed by atoms with Crippen LogP contribution in [0.4, 0.5) is 0 Å². The van der Waals surface area contributed by atoms with E-state index in [-0.39, 0.29) is 6.42 Å². The summed E-state index contributed by atoms with van der Waals surface area (Å²) in [7, 11) is 1.61. The lowest BCUT2D eigenvalue weighted by molar-refractivity contribution is -0.137. The van der Waals surface area contributed by atoms with Crippen LogP contribution in [-0.2, 0) is 11.2 Å². The number of unbranched alkanes of at least 4 members (excludes halogenated alkanes) is 1. The second kappa shape index (κ2) is 6.70. The van der Waals surface area contributed by atoms with Crippen molar-refractivity contribution < 1.29 is 19.1 Å². The summed E-state index contributed by atoms with van der Waals surface area (Å²) < 4.78 is 10.6. The Morgan fingerprint density at radius 1 is 1.25 bits per heavy atom. The second-order valence-corrected chi connectivity index (χ2v) is 4.33. The maximum absolute atomic E-state index is 10.4. The zero-order valence-corrected chi connectivity index (χ0v) is 11.2. The van der Waals surface area contributed by atoms with Gasteiger partial charge in [0, 0.05) is 18.4 Å². The third-order valence-corrected chi connectivity index (χ3v) is 2.84. The van der Waals surface area contributed by atoms with E-state index in [9.17, 15) is 4.79 Å². The summed E-state index contributed by atoms with van der Waals surface area (Å²) >= 11 is 0. The zero-order valence-electron chi connectivity index (χ0n) is 11.2.